The second-order valence-electron chi connectivity index (χ2n) is 8.80. The Hall–Kier alpha value is -1.77. The zero-order valence-electron chi connectivity index (χ0n) is 20.4. The van der Waals surface area contributed by atoms with Crippen molar-refractivity contribution in [3.8, 4) is 5.75 Å². The van der Waals surface area contributed by atoms with Crippen molar-refractivity contribution in [3.05, 3.63) is 42.0 Å². The van der Waals surface area contributed by atoms with E-state index < -0.39 is 6.29 Å². The van der Waals surface area contributed by atoms with Crippen LogP contribution in [-0.4, -0.2) is 12.3 Å². The second-order valence-corrected chi connectivity index (χ2v) is 8.80. The number of rotatable bonds is 19. The summed E-state index contributed by atoms with van der Waals surface area (Å²) in [5.41, 5.74) is 1.70. The summed E-state index contributed by atoms with van der Waals surface area (Å²) in [4.78, 5) is 12.0. The number of carbonyl (C=O) groups is 1. The molecular formula is C28H46O3. The topological polar surface area (TPSA) is 35.5 Å². The molecule has 0 aliphatic carbocycles. The van der Waals surface area contributed by atoms with E-state index in [9.17, 15) is 4.79 Å². The van der Waals surface area contributed by atoms with Gasteiger partial charge < -0.3 is 9.47 Å². The van der Waals surface area contributed by atoms with Crippen LogP contribution in [0.3, 0.4) is 0 Å². The highest BCUT2D eigenvalue weighted by Gasteiger charge is 2.16. The lowest BCUT2D eigenvalue weighted by Crippen LogP contribution is -2.24. The van der Waals surface area contributed by atoms with E-state index in [2.05, 4.69) is 32.6 Å². The van der Waals surface area contributed by atoms with Crippen molar-refractivity contribution in [1.29, 1.82) is 0 Å². The number of benzene rings is 1. The van der Waals surface area contributed by atoms with Gasteiger partial charge in [-0.1, -0.05) is 110 Å². The first-order valence-corrected chi connectivity index (χ1v) is 12.7. The van der Waals surface area contributed by atoms with E-state index in [0.29, 0.717) is 12.0 Å². The molecule has 0 saturated carbocycles. The first-order valence-electron chi connectivity index (χ1n) is 12.7. The zero-order valence-corrected chi connectivity index (χ0v) is 20.4. The van der Waals surface area contributed by atoms with Gasteiger partial charge in [0.15, 0.2) is 0 Å². The number of hydrogen-bond donors (Lipinski definition) is 0. The van der Waals surface area contributed by atoms with Gasteiger partial charge in [0.1, 0.15) is 5.75 Å². The summed E-state index contributed by atoms with van der Waals surface area (Å²) in [5, 5.41) is 0. The van der Waals surface area contributed by atoms with Gasteiger partial charge in [0.05, 0.1) is 0 Å². The van der Waals surface area contributed by atoms with E-state index in [4.69, 9.17) is 9.47 Å². The number of aryl methyl sites for hydroxylation is 1. The summed E-state index contributed by atoms with van der Waals surface area (Å²) in [6, 6.07) is 8.10. The molecule has 0 spiro atoms. The van der Waals surface area contributed by atoms with Crippen molar-refractivity contribution in [2.45, 2.75) is 123 Å². The van der Waals surface area contributed by atoms with Crippen LogP contribution in [0, 0.1) is 0 Å². The number of hydrogen-bond acceptors (Lipinski definition) is 3. The zero-order chi connectivity index (χ0) is 22.7. The Bertz CT molecular complexity index is 591. The minimum atomic E-state index is -0.552. The highest BCUT2D eigenvalue weighted by Crippen LogP contribution is 2.19. The Morgan fingerprint density at radius 2 is 1.32 bits per heavy atom. The molecule has 0 fully saturated rings. The molecule has 0 N–H and O–H groups in total. The Balaban J connectivity index is 2.27. The fraction of sp³-hybridized carbons (Fsp3) is 0.679. The van der Waals surface area contributed by atoms with Gasteiger partial charge in [0, 0.05) is 12.0 Å². The van der Waals surface area contributed by atoms with Crippen molar-refractivity contribution in [2.24, 2.45) is 0 Å². The Morgan fingerprint density at radius 3 is 1.81 bits per heavy atom. The summed E-state index contributed by atoms with van der Waals surface area (Å²) in [6.07, 6.45) is 18.0. The molecule has 0 saturated heterocycles. The van der Waals surface area contributed by atoms with Crippen LogP contribution < -0.4 is 4.74 Å². The van der Waals surface area contributed by atoms with Gasteiger partial charge in [-0.15, -0.1) is 0 Å². The highest BCUT2D eigenvalue weighted by molar-refractivity contribution is 5.87. The molecule has 0 aliphatic rings. The molecule has 1 rings (SSSR count). The normalized spacial score (nSPS) is 11.8. The van der Waals surface area contributed by atoms with Crippen LogP contribution in [0.15, 0.2) is 36.4 Å². The predicted molar refractivity (Wildman–Crippen MR) is 131 cm³/mol. The van der Waals surface area contributed by atoms with Crippen molar-refractivity contribution >= 4 is 5.97 Å². The van der Waals surface area contributed by atoms with Crippen LogP contribution in [0.2, 0.25) is 0 Å². The van der Waals surface area contributed by atoms with Crippen LogP contribution >= 0.6 is 0 Å². The van der Waals surface area contributed by atoms with E-state index in [-0.39, 0.29) is 5.97 Å². The lowest BCUT2D eigenvalue weighted by molar-refractivity contribution is -0.159. The van der Waals surface area contributed by atoms with Gasteiger partial charge in [0.2, 0.25) is 6.29 Å². The quantitative estimate of drug-likeness (QED) is 0.0954. The van der Waals surface area contributed by atoms with Crippen molar-refractivity contribution in [3.63, 3.8) is 0 Å². The lowest BCUT2D eigenvalue weighted by Gasteiger charge is -2.20. The lowest BCUT2D eigenvalue weighted by atomic mass is 10.0. The minimum Gasteiger partial charge on any atom is -0.455 e. The first-order chi connectivity index (χ1) is 15.1. The maximum Gasteiger partial charge on any atom is 0.336 e. The maximum absolute atomic E-state index is 12.0. The molecule has 1 aromatic rings. The smallest absolute Gasteiger partial charge is 0.336 e. The van der Waals surface area contributed by atoms with E-state index >= 15 is 0 Å². The fourth-order valence-electron chi connectivity index (χ4n) is 3.69. The maximum atomic E-state index is 12.0. The third kappa shape index (κ3) is 14.0. The molecule has 1 aromatic carbocycles. The largest absolute Gasteiger partial charge is 0.455 e. The standard InChI is InChI=1S/C28H46O3/c1-5-7-8-9-10-11-12-13-14-15-16-17-19-27(31-28(29)24(3)4)30-26-22-20-25(18-6-2)21-23-26/h20-23,27H,3,5-19H2,1-2,4H3. The summed E-state index contributed by atoms with van der Waals surface area (Å²) in [5.74, 6) is 0.366. The highest BCUT2D eigenvalue weighted by atomic mass is 16.7. The molecular weight excluding hydrogens is 384 g/mol. The molecule has 0 radical (unpaired) electrons. The summed E-state index contributed by atoms with van der Waals surface area (Å²) in [7, 11) is 0. The van der Waals surface area contributed by atoms with E-state index in [1.54, 1.807) is 6.92 Å². The van der Waals surface area contributed by atoms with Gasteiger partial charge in [-0.3, -0.25) is 0 Å². The molecule has 0 amide bonds. The van der Waals surface area contributed by atoms with Crippen LogP contribution in [0.5, 0.6) is 5.75 Å². The average Bonchev–Trinajstić information content (AvgIpc) is 2.75. The molecule has 1 atom stereocenters. The van der Waals surface area contributed by atoms with E-state index in [1.165, 1.54) is 69.8 Å². The Morgan fingerprint density at radius 1 is 0.806 bits per heavy atom. The molecule has 1 unspecified atom stereocenters. The van der Waals surface area contributed by atoms with E-state index in [0.717, 1.165) is 31.4 Å². The third-order valence-corrected chi connectivity index (χ3v) is 5.61. The van der Waals surface area contributed by atoms with Crippen molar-refractivity contribution < 1.29 is 14.3 Å². The molecule has 0 aromatic heterocycles. The molecule has 176 valence electrons. The Labute approximate surface area is 191 Å². The number of unbranched alkanes of at least 4 members (excludes halogenated alkanes) is 11. The van der Waals surface area contributed by atoms with Crippen LogP contribution in [0.25, 0.3) is 0 Å². The van der Waals surface area contributed by atoms with Gasteiger partial charge in [0.25, 0.3) is 0 Å². The monoisotopic (exact) mass is 430 g/mol. The fourth-order valence-corrected chi connectivity index (χ4v) is 3.69. The Kier molecular flexibility index (Phi) is 15.7. The van der Waals surface area contributed by atoms with Crippen LogP contribution in [-0.2, 0) is 16.0 Å². The van der Waals surface area contributed by atoms with Crippen molar-refractivity contribution in [1.82, 2.24) is 0 Å². The molecule has 0 heterocycles. The molecule has 31 heavy (non-hydrogen) atoms. The molecule has 0 aliphatic heterocycles. The van der Waals surface area contributed by atoms with Gasteiger partial charge >= 0.3 is 5.97 Å². The minimum absolute atomic E-state index is 0.383. The third-order valence-electron chi connectivity index (χ3n) is 5.61. The SMILES string of the molecule is C=C(C)C(=O)OC(CCCCCCCCCCCCCC)Oc1ccc(CCC)cc1. The summed E-state index contributed by atoms with van der Waals surface area (Å²) < 4.78 is 11.5. The molecule has 3 nitrogen and oxygen atoms in total. The van der Waals surface area contributed by atoms with Gasteiger partial charge in [-0.05, 0) is 37.5 Å². The number of ether oxygens (including phenoxy) is 2. The first kappa shape index (κ1) is 27.3. The van der Waals surface area contributed by atoms with Gasteiger partial charge in [-0.2, -0.15) is 0 Å². The summed E-state index contributed by atoms with van der Waals surface area (Å²) in [6.45, 7) is 9.79. The van der Waals surface area contributed by atoms with E-state index in [1.807, 2.05) is 12.1 Å². The number of esters is 1. The second kappa shape index (κ2) is 17.9. The van der Waals surface area contributed by atoms with Crippen LogP contribution in [0.4, 0.5) is 0 Å². The van der Waals surface area contributed by atoms with Crippen LogP contribution in [0.1, 0.15) is 116 Å². The number of carbonyl (C=O) groups excluding carboxylic acids is 1. The average molecular weight is 431 g/mol. The summed E-state index contributed by atoms with van der Waals surface area (Å²) >= 11 is 0. The predicted octanol–water partition coefficient (Wildman–Crippen LogP) is 8.55. The van der Waals surface area contributed by atoms with Crippen molar-refractivity contribution in [2.75, 3.05) is 0 Å². The molecule has 0 bridgehead atoms. The van der Waals surface area contributed by atoms with Gasteiger partial charge in [-0.25, -0.2) is 4.79 Å². The molecule has 3 heteroatoms.